The van der Waals surface area contributed by atoms with Crippen molar-refractivity contribution < 1.29 is 28.9 Å². The number of rotatable bonds is 15. The second kappa shape index (κ2) is 15.3. The number of nitrogens with zero attached hydrogens (tertiary/aromatic N) is 3. The average molecular weight is 551 g/mol. The van der Waals surface area contributed by atoms with Crippen molar-refractivity contribution >= 4 is 12.1 Å². The summed E-state index contributed by atoms with van der Waals surface area (Å²) in [6.45, 7) is 6.40. The second-order valence-electron chi connectivity index (χ2n) is 10.5. The number of hydrogen-bond acceptors (Lipinski definition) is 8. The quantitative estimate of drug-likeness (QED) is 0.233. The summed E-state index contributed by atoms with van der Waals surface area (Å²) in [7, 11) is 0. The fraction of sp³-hybridized carbons (Fsp3) is 0.467. The number of esters is 1. The van der Waals surface area contributed by atoms with E-state index in [0.717, 1.165) is 0 Å². The molecule has 2 aromatic rings. The summed E-state index contributed by atoms with van der Waals surface area (Å²) in [5.74, 6) is 0.685. The number of benzene rings is 2. The van der Waals surface area contributed by atoms with Crippen LogP contribution in [0.4, 0.5) is 4.79 Å². The molecule has 0 saturated carbocycles. The molecule has 1 atom stereocenters. The van der Waals surface area contributed by atoms with Crippen molar-refractivity contribution in [3.05, 3.63) is 59.7 Å². The zero-order chi connectivity index (χ0) is 29.6. The molecule has 0 bridgehead atoms. The molecular formula is C30H38N4O6. The molecule has 0 radical (unpaired) electrons. The summed E-state index contributed by atoms with van der Waals surface area (Å²) >= 11 is 0. The fourth-order valence-electron chi connectivity index (χ4n) is 3.87. The minimum absolute atomic E-state index is 0.204. The van der Waals surface area contributed by atoms with Crippen LogP contribution in [0.25, 0.3) is 0 Å². The van der Waals surface area contributed by atoms with Gasteiger partial charge in [0.2, 0.25) is 0 Å². The summed E-state index contributed by atoms with van der Waals surface area (Å²) < 4.78 is 16.9. The molecule has 2 aromatic carbocycles. The largest absolute Gasteiger partial charge is 0.494 e. The van der Waals surface area contributed by atoms with Gasteiger partial charge in [0.15, 0.2) is 0 Å². The van der Waals surface area contributed by atoms with E-state index in [1.165, 1.54) is 4.90 Å². The minimum Gasteiger partial charge on any atom is -0.494 e. The number of nitrogens with two attached hydrogens (primary N) is 1. The van der Waals surface area contributed by atoms with E-state index < -0.39 is 23.2 Å². The summed E-state index contributed by atoms with van der Waals surface area (Å²) in [5.41, 5.74) is 5.61. The summed E-state index contributed by atoms with van der Waals surface area (Å²) in [5, 5.41) is 27.4. The Balaban J connectivity index is 1.87. The number of carboxylic acid groups (broad SMARTS) is 1. The van der Waals surface area contributed by atoms with E-state index in [2.05, 4.69) is 6.07 Å². The van der Waals surface area contributed by atoms with Gasteiger partial charge in [-0.15, -0.1) is 0 Å². The lowest BCUT2D eigenvalue weighted by Crippen LogP contribution is -2.51. The van der Waals surface area contributed by atoms with Crippen molar-refractivity contribution in [1.82, 2.24) is 4.90 Å². The molecule has 214 valence electrons. The maximum atomic E-state index is 13.0. The molecule has 40 heavy (non-hydrogen) atoms. The Morgan fingerprint density at radius 1 is 0.825 bits per heavy atom. The first-order valence-electron chi connectivity index (χ1n) is 13.2. The van der Waals surface area contributed by atoms with Gasteiger partial charge in [-0.2, -0.15) is 10.5 Å². The fourth-order valence-corrected chi connectivity index (χ4v) is 3.87. The summed E-state index contributed by atoms with van der Waals surface area (Å²) in [6, 6.07) is 17.5. The van der Waals surface area contributed by atoms with Crippen LogP contribution in [0.3, 0.4) is 0 Å². The number of carbonyl (C=O) groups is 2. The predicted molar refractivity (Wildman–Crippen MR) is 149 cm³/mol. The van der Waals surface area contributed by atoms with Gasteiger partial charge in [0.05, 0.1) is 36.5 Å². The highest BCUT2D eigenvalue weighted by atomic mass is 16.6. The molecule has 0 heterocycles. The van der Waals surface area contributed by atoms with Crippen molar-refractivity contribution in [3.63, 3.8) is 0 Å². The Kier molecular flexibility index (Phi) is 12.3. The number of nitriles is 2. The van der Waals surface area contributed by atoms with E-state index in [4.69, 9.17) is 30.5 Å². The van der Waals surface area contributed by atoms with E-state index in [9.17, 15) is 14.7 Å². The molecule has 0 saturated heterocycles. The van der Waals surface area contributed by atoms with Crippen LogP contribution in [0.2, 0.25) is 0 Å². The van der Waals surface area contributed by atoms with E-state index in [1.54, 1.807) is 69.3 Å². The summed E-state index contributed by atoms with van der Waals surface area (Å²) in [6.07, 6.45) is 0.793. The number of hydrogen-bond donors (Lipinski definition) is 2. The van der Waals surface area contributed by atoms with Crippen LogP contribution in [0.1, 0.15) is 64.0 Å². The zero-order valence-electron chi connectivity index (χ0n) is 23.4. The van der Waals surface area contributed by atoms with Gasteiger partial charge >= 0.3 is 12.1 Å². The Morgan fingerprint density at radius 3 is 1.73 bits per heavy atom. The van der Waals surface area contributed by atoms with Crippen LogP contribution >= 0.6 is 0 Å². The van der Waals surface area contributed by atoms with Crippen molar-refractivity contribution in [2.75, 3.05) is 26.3 Å². The van der Waals surface area contributed by atoms with Crippen molar-refractivity contribution in [1.29, 1.82) is 10.5 Å². The van der Waals surface area contributed by atoms with E-state index in [-0.39, 0.29) is 19.5 Å². The molecule has 0 aliphatic heterocycles. The molecule has 0 aliphatic carbocycles. The second-order valence-corrected chi connectivity index (χ2v) is 10.5. The number of ether oxygens (including phenoxy) is 3. The van der Waals surface area contributed by atoms with Gasteiger partial charge < -0.3 is 30.0 Å². The number of carbonyl (C=O) groups excluding carboxylic acids is 1. The average Bonchev–Trinajstić information content (AvgIpc) is 2.92. The van der Waals surface area contributed by atoms with Crippen molar-refractivity contribution in [2.45, 2.75) is 64.0 Å². The first kappa shape index (κ1) is 31.9. The monoisotopic (exact) mass is 550 g/mol. The van der Waals surface area contributed by atoms with Gasteiger partial charge in [-0.3, -0.25) is 4.79 Å². The van der Waals surface area contributed by atoms with Crippen LogP contribution in [-0.4, -0.2) is 59.5 Å². The Labute approximate surface area is 235 Å². The lowest BCUT2D eigenvalue weighted by atomic mass is 9.89. The van der Waals surface area contributed by atoms with Gasteiger partial charge in [-0.25, -0.2) is 4.79 Å². The molecule has 10 heteroatoms. The van der Waals surface area contributed by atoms with Crippen LogP contribution in [-0.2, 0) is 9.53 Å². The minimum atomic E-state index is -1.30. The molecular weight excluding hydrogens is 512 g/mol. The first-order valence-corrected chi connectivity index (χ1v) is 13.2. The topological polar surface area (TPSA) is 159 Å². The molecule has 3 N–H and O–H groups in total. The molecule has 0 fully saturated rings. The maximum absolute atomic E-state index is 13.0. The Hall–Kier alpha value is -4.28. The third kappa shape index (κ3) is 11.2. The zero-order valence-corrected chi connectivity index (χ0v) is 23.4. The van der Waals surface area contributed by atoms with Crippen LogP contribution in [0, 0.1) is 22.7 Å². The first-order chi connectivity index (χ1) is 19.0. The van der Waals surface area contributed by atoms with Gasteiger partial charge in [0.1, 0.15) is 22.6 Å². The molecule has 1 amide bonds. The van der Waals surface area contributed by atoms with Gasteiger partial charge in [-0.05, 0) is 101 Å². The molecule has 0 aliphatic rings. The van der Waals surface area contributed by atoms with E-state index in [1.807, 2.05) is 6.07 Å². The SMILES string of the molecule is CC(C)(C)OC(=O)C(N)(CCCOc1ccc(C#N)cc1)CCCN(CCCOc1ccc(C#N)cc1)C(=O)O. The highest BCUT2D eigenvalue weighted by Crippen LogP contribution is 2.23. The Morgan fingerprint density at radius 2 is 1.27 bits per heavy atom. The van der Waals surface area contributed by atoms with Gasteiger partial charge in [0, 0.05) is 13.1 Å². The third-order valence-electron chi connectivity index (χ3n) is 5.97. The van der Waals surface area contributed by atoms with Crippen LogP contribution < -0.4 is 15.2 Å². The Bertz CT molecular complexity index is 1180. The van der Waals surface area contributed by atoms with Crippen molar-refractivity contribution in [3.8, 4) is 23.6 Å². The van der Waals surface area contributed by atoms with Gasteiger partial charge in [-0.1, -0.05) is 0 Å². The molecule has 0 spiro atoms. The highest BCUT2D eigenvalue weighted by Gasteiger charge is 2.37. The smallest absolute Gasteiger partial charge is 0.407 e. The maximum Gasteiger partial charge on any atom is 0.407 e. The van der Waals surface area contributed by atoms with E-state index in [0.29, 0.717) is 61.5 Å². The molecule has 10 nitrogen and oxygen atoms in total. The molecule has 1 unspecified atom stereocenters. The third-order valence-corrected chi connectivity index (χ3v) is 5.97. The van der Waals surface area contributed by atoms with Crippen molar-refractivity contribution in [2.24, 2.45) is 5.73 Å². The summed E-state index contributed by atoms with van der Waals surface area (Å²) in [4.78, 5) is 26.1. The lowest BCUT2D eigenvalue weighted by Gasteiger charge is -2.32. The standard InChI is InChI=1S/C30H38N4O6/c1-29(2,3)40-27(35)30(33,16-5-19-38-25-11-7-23(21-31)8-12-25)15-4-17-34(28(36)37)18-6-20-39-26-13-9-24(22-32)10-14-26/h7-14H,4-6,15-20,33H2,1-3H3,(H,36,37). The lowest BCUT2D eigenvalue weighted by molar-refractivity contribution is -0.162. The number of amides is 1. The van der Waals surface area contributed by atoms with Gasteiger partial charge in [0.25, 0.3) is 0 Å². The van der Waals surface area contributed by atoms with E-state index >= 15 is 0 Å². The van der Waals surface area contributed by atoms with Crippen LogP contribution in [0.5, 0.6) is 11.5 Å². The predicted octanol–water partition coefficient (Wildman–Crippen LogP) is 4.86. The molecule has 0 aromatic heterocycles. The van der Waals surface area contributed by atoms with Crippen LogP contribution in [0.15, 0.2) is 48.5 Å². The highest BCUT2D eigenvalue weighted by molar-refractivity contribution is 5.80. The molecule has 2 rings (SSSR count). The normalized spacial score (nSPS) is 12.3.